The Morgan fingerprint density at radius 1 is 0.875 bits per heavy atom. The number of ether oxygens (including phenoxy) is 2. The van der Waals surface area contributed by atoms with E-state index >= 15 is 0 Å². The average Bonchev–Trinajstić information content (AvgIpc) is 2.80. The molecule has 0 aliphatic carbocycles. The molecule has 0 atom stereocenters. The Labute approximate surface area is 187 Å². The van der Waals surface area contributed by atoms with Crippen molar-refractivity contribution in [2.75, 3.05) is 6.61 Å². The summed E-state index contributed by atoms with van der Waals surface area (Å²) >= 11 is 0. The van der Waals surface area contributed by atoms with Crippen LogP contribution in [0.1, 0.15) is 22.3 Å². The SMILES string of the molecule is Cc1ccc(OCC(=O)N/N=C\c2ccc(OC(=O)/C=C/c3ccccc3)cc2)cc1C. The molecule has 0 saturated carbocycles. The van der Waals surface area contributed by atoms with Gasteiger partial charge in [0.05, 0.1) is 6.21 Å². The minimum atomic E-state index is -0.466. The molecule has 0 heterocycles. The summed E-state index contributed by atoms with van der Waals surface area (Å²) in [5.41, 5.74) is 6.33. The number of aryl methyl sites for hydroxylation is 2. The van der Waals surface area contributed by atoms with Crippen LogP contribution in [-0.4, -0.2) is 24.7 Å². The van der Waals surface area contributed by atoms with Crippen molar-refractivity contribution >= 4 is 24.2 Å². The van der Waals surface area contributed by atoms with Crippen LogP contribution in [0.25, 0.3) is 6.08 Å². The topological polar surface area (TPSA) is 77.0 Å². The molecule has 1 N–H and O–H groups in total. The van der Waals surface area contributed by atoms with Crippen LogP contribution in [-0.2, 0) is 9.59 Å². The molecule has 0 radical (unpaired) electrons. The molecule has 1 amide bonds. The second-order valence-corrected chi connectivity index (χ2v) is 7.06. The maximum absolute atomic E-state index is 11.9. The van der Waals surface area contributed by atoms with Crippen LogP contribution in [0.4, 0.5) is 0 Å². The van der Waals surface area contributed by atoms with Crippen LogP contribution in [0.3, 0.4) is 0 Å². The van der Waals surface area contributed by atoms with Gasteiger partial charge in [0.15, 0.2) is 6.61 Å². The zero-order chi connectivity index (χ0) is 22.8. The molecular weight excluding hydrogens is 404 g/mol. The zero-order valence-electron chi connectivity index (χ0n) is 17.9. The Bertz CT molecular complexity index is 1120. The third kappa shape index (κ3) is 7.25. The first-order valence-corrected chi connectivity index (χ1v) is 10.1. The quantitative estimate of drug-likeness (QED) is 0.189. The summed E-state index contributed by atoms with van der Waals surface area (Å²) in [5, 5.41) is 3.92. The largest absolute Gasteiger partial charge is 0.484 e. The van der Waals surface area contributed by atoms with Gasteiger partial charge in [-0.15, -0.1) is 0 Å². The van der Waals surface area contributed by atoms with E-state index in [9.17, 15) is 9.59 Å². The lowest BCUT2D eigenvalue weighted by molar-refractivity contribution is -0.129. The van der Waals surface area contributed by atoms with Crippen molar-refractivity contribution in [3.05, 3.63) is 101 Å². The minimum Gasteiger partial charge on any atom is -0.484 e. The fourth-order valence-electron chi connectivity index (χ4n) is 2.66. The van der Waals surface area contributed by atoms with Crippen molar-refractivity contribution < 1.29 is 19.1 Å². The number of nitrogens with one attached hydrogen (secondary N) is 1. The van der Waals surface area contributed by atoms with E-state index in [-0.39, 0.29) is 12.5 Å². The van der Waals surface area contributed by atoms with Gasteiger partial charge in [-0.1, -0.05) is 36.4 Å². The van der Waals surface area contributed by atoms with Gasteiger partial charge < -0.3 is 9.47 Å². The summed E-state index contributed by atoms with van der Waals surface area (Å²) in [6, 6.07) is 21.9. The number of hydrazone groups is 1. The molecule has 6 heteroatoms. The Hall–Kier alpha value is -4.19. The number of rotatable bonds is 8. The van der Waals surface area contributed by atoms with E-state index in [1.54, 1.807) is 30.3 Å². The van der Waals surface area contributed by atoms with E-state index in [1.165, 1.54) is 12.3 Å². The van der Waals surface area contributed by atoms with Gasteiger partial charge in [-0.3, -0.25) is 4.79 Å². The molecule has 3 rings (SSSR count). The molecule has 3 aromatic carbocycles. The predicted molar refractivity (Wildman–Crippen MR) is 125 cm³/mol. The highest BCUT2D eigenvalue weighted by Gasteiger charge is 2.03. The minimum absolute atomic E-state index is 0.134. The van der Waals surface area contributed by atoms with Gasteiger partial charge in [0.1, 0.15) is 11.5 Å². The third-order valence-corrected chi connectivity index (χ3v) is 4.56. The number of hydrogen-bond acceptors (Lipinski definition) is 5. The monoisotopic (exact) mass is 428 g/mol. The summed E-state index contributed by atoms with van der Waals surface area (Å²) in [7, 11) is 0. The fraction of sp³-hybridized carbons (Fsp3) is 0.115. The standard InChI is InChI=1S/C26H24N2O4/c1-19-8-12-24(16-20(19)2)31-18-25(29)28-27-17-22-9-13-23(14-10-22)32-26(30)15-11-21-6-4-3-5-7-21/h3-17H,18H2,1-2H3,(H,28,29)/b15-11+,27-17-. The highest BCUT2D eigenvalue weighted by Crippen LogP contribution is 2.16. The van der Waals surface area contributed by atoms with Gasteiger partial charge in [0.2, 0.25) is 0 Å². The van der Waals surface area contributed by atoms with E-state index in [0.717, 1.165) is 22.3 Å². The second kappa shape index (κ2) is 11.3. The number of amides is 1. The van der Waals surface area contributed by atoms with Crippen molar-refractivity contribution in [1.82, 2.24) is 5.43 Å². The van der Waals surface area contributed by atoms with E-state index in [2.05, 4.69) is 10.5 Å². The Balaban J connectivity index is 1.43. The molecule has 0 unspecified atom stereocenters. The number of carbonyl (C=O) groups excluding carboxylic acids is 2. The molecular formula is C26H24N2O4. The van der Waals surface area contributed by atoms with Gasteiger partial charge in [-0.05, 0) is 78.6 Å². The molecule has 0 spiro atoms. The summed E-state index contributed by atoms with van der Waals surface area (Å²) in [4.78, 5) is 23.8. The number of hydrogen-bond donors (Lipinski definition) is 1. The van der Waals surface area contributed by atoms with E-state index in [1.807, 2.05) is 62.4 Å². The van der Waals surface area contributed by atoms with Gasteiger partial charge in [-0.25, -0.2) is 10.2 Å². The Morgan fingerprint density at radius 3 is 2.31 bits per heavy atom. The molecule has 162 valence electrons. The van der Waals surface area contributed by atoms with E-state index in [4.69, 9.17) is 9.47 Å². The molecule has 0 aliphatic heterocycles. The Morgan fingerprint density at radius 2 is 1.59 bits per heavy atom. The summed E-state index contributed by atoms with van der Waals surface area (Å²) in [5.74, 6) is 0.216. The van der Waals surface area contributed by atoms with Crippen LogP contribution < -0.4 is 14.9 Å². The van der Waals surface area contributed by atoms with Gasteiger partial charge >= 0.3 is 5.97 Å². The summed E-state index contributed by atoms with van der Waals surface area (Å²) in [6.45, 7) is 3.87. The van der Waals surface area contributed by atoms with Crippen molar-refractivity contribution in [1.29, 1.82) is 0 Å². The van der Waals surface area contributed by atoms with Gasteiger partial charge in [0.25, 0.3) is 5.91 Å². The summed E-state index contributed by atoms with van der Waals surface area (Å²) in [6.07, 6.45) is 4.56. The second-order valence-electron chi connectivity index (χ2n) is 7.06. The zero-order valence-corrected chi connectivity index (χ0v) is 17.9. The first-order valence-electron chi connectivity index (χ1n) is 10.1. The molecule has 0 saturated heterocycles. The lowest BCUT2D eigenvalue weighted by atomic mass is 10.1. The molecule has 0 fully saturated rings. The van der Waals surface area contributed by atoms with Crippen LogP contribution >= 0.6 is 0 Å². The number of benzene rings is 3. The first kappa shape index (κ1) is 22.5. The molecule has 0 aliphatic rings. The molecule has 6 nitrogen and oxygen atoms in total. The van der Waals surface area contributed by atoms with E-state index < -0.39 is 5.97 Å². The number of carbonyl (C=O) groups is 2. The first-order chi connectivity index (χ1) is 15.5. The Kier molecular flexibility index (Phi) is 7.92. The third-order valence-electron chi connectivity index (χ3n) is 4.56. The van der Waals surface area contributed by atoms with Gasteiger partial charge in [-0.2, -0.15) is 5.10 Å². The van der Waals surface area contributed by atoms with Crippen LogP contribution in [0.15, 0.2) is 84.0 Å². The molecule has 0 bridgehead atoms. The van der Waals surface area contributed by atoms with Crippen LogP contribution in [0.5, 0.6) is 11.5 Å². The molecule has 32 heavy (non-hydrogen) atoms. The van der Waals surface area contributed by atoms with Crippen molar-refractivity contribution in [2.24, 2.45) is 5.10 Å². The number of nitrogens with zero attached hydrogens (tertiary/aromatic N) is 1. The number of esters is 1. The molecule has 0 aromatic heterocycles. The van der Waals surface area contributed by atoms with Crippen LogP contribution in [0.2, 0.25) is 0 Å². The van der Waals surface area contributed by atoms with Crippen molar-refractivity contribution in [3.63, 3.8) is 0 Å². The fourth-order valence-corrected chi connectivity index (χ4v) is 2.66. The lowest BCUT2D eigenvalue weighted by Crippen LogP contribution is -2.24. The van der Waals surface area contributed by atoms with Gasteiger partial charge in [0, 0.05) is 6.08 Å². The normalized spacial score (nSPS) is 10.9. The maximum atomic E-state index is 11.9. The lowest BCUT2D eigenvalue weighted by Gasteiger charge is -2.07. The maximum Gasteiger partial charge on any atom is 0.336 e. The van der Waals surface area contributed by atoms with Crippen molar-refractivity contribution in [3.8, 4) is 11.5 Å². The highest BCUT2D eigenvalue weighted by molar-refractivity contribution is 5.89. The summed E-state index contributed by atoms with van der Waals surface area (Å²) < 4.78 is 10.7. The van der Waals surface area contributed by atoms with E-state index in [0.29, 0.717) is 11.5 Å². The smallest absolute Gasteiger partial charge is 0.336 e. The highest BCUT2D eigenvalue weighted by atomic mass is 16.5. The predicted octanol–water partition coefficient (Wildman–Crippen LogP) is 4.45. The average molecular weight is 428 g/mol. The van der Waals surface area contributed by atoms with Crippen LogP contribution in [0, 0.1) is 13.8 Å². The van der Waals surface area contributed by atoms with Crippen molar-refractivity contribution in [2.45, 2.75) is 13.8 Å². The molecule has 3 aromatic rings.